The zero-order chi connectivity index (χ0) is 27.1. The van der Waals surface area contributed by atoms with Crippen LogP contribution in [0.2, 0.25) is 0 Å². The van der Waals surface area contributed by atoms with Crippen LogP contribution < -0.4 is 20.1 Å². The van der Waals surface area contributed by atoms with Gasteiger partial charge in [-0.15, -0.1) is 12.4 Å². The number of aromatic carboxylic acids is 1. The van der Waals surface area contributed by atoms with E-state index in [-0.39, 0.29) is 30.0 Å². The number of nitrogens with zero attached hydrogens (tertiary/aromatic N) is 1. The molecule has 39 heavy (non-hydrogen) atoms. The highest BCUT2D eigenvalue weighted by molar-refractivity contribution is 7.92. The van der Waals surface area contributed by atoms with Crippen LogP contribution in [0.25, 0.3) is 0 Å². The summed E-state index contributed by atoms with van der Waals surface area (Å²) in [5.74, 6) is 0.241. The molecule has 0 aromatic heterocycles. The number of rotatable bonds is 9. The van der Waals surface area contributed by atoms with Gasteiger partial charge in [0, 0.05) is 37.1 Å². The van der Waals surface area contributed by atoms with E-state index in [9.17, 15) is 18.0 Å². The van der Waals surface area contributed by atoms with Crippen LogP contribution in [0.5, 0.6) is 11.5 Å². The third-order valence-electron chi connectivity index (χ3n) is 6.01. The highest BCUT2D eigenvalue weighted by atomic mass is 35.5. The standard InChI is InChI=1S/C27H30N4O6S.ClH/c1-38(35,36)30-22-7-11-25(12-8-22)37-24-9-5-19(6-10-24)18-31-15-13-21(14-16-31)28-27(34)29-23-4-2-3-20(17-23)26(32)33;/h2-12,17,21,30H,13-16,18H2,1H3,(H,32,33)(H2,28,29,34);1H. The summed E-state index contributed by atoms with van der Waals surface area (Å²) in [5.41, 5.74) is 2.18. The van der Waals surface area contributed by atoms with Crippen LogP contribution in [0.3, 0.4) is 0 Å². The van der Waals surface area contributed by atoms with E-state index < -0.39 is 16.0 Å². The lowest BCUT2D eigenvalue weighted by molar-refractivity contribution is 0.0697. The second-order valence-corrected chi connectivity index (χ2v) is 10.9. The molecule has 2 amide bonds. The summed E-state index contributed by atoms with van der Waals surface area (Å²) in [6, 6.07) is 20.4. The van der Waals surface area contributed by atoms with Crippen molar-refractivity contribution in [2.75, 3.05) is 29.4 Å². The minimum atomic E-state index is -3.32. The topological polar surface area (TPSA) is 137 Å². The maximum atomic E-state index is 12.3. The van der Waals surface area contributed by atoms with Crippen LogP contribution in [0, 0.1) is 0 Å². The number of benzene rings is 3. The average Bonchev–Trinajstić information content (AvgIpc) is 2.87. The van der Waals surface area contributed by atoms with E-state index in [4.69, 9.17) is 9.84 Å². The fourth-order valence-corrected chi connectivity index (χ4v) is 4.74. The smallest absolute Gasteiger partial charge is 0.335 e. The van der Waals surface area contributed by atoms with E-state index in [1.807, 2.05) is 24.3 Å². The predicted molar refractivity (Wildman–Crippen MR) is 153 cm³/mol. The summed E-state index contributed by atoms with van der Waals surface area (Å²) < 4.78 is 30.9. The summed E-state index contributed by atoms with van der Waals surface area (Å²) in [5, 5.41) is 14.8. The molecule has 0 bridgehead atoms. The molecule has 1 fully saturated rings. The van der Waals surface area contributed by atoms with Crippen molar-refractivity contribution in [3.05, 3.63) is 83.9 Å². The van der Waals surface area contributed by atoms with Gasteiger partial charge in [-0.25, -0.2) is 18.0 Å². The van der Waals surface area contributed by atoms with Crippen LogP contribution in [0.15, 0.2) is 72.8 Å². The molecule has 0 spiro atoms. The average molecular weight is 575 g/mol. The van der Waals surface area contributed by atoms with Gasteiger partial charge in [-0.05, 0) is 73.0 Å². The number of carboxylic acids is 1. The molecule has 0 aliphatic carbocycles. The highest BCUT2D eigenvalue weighted by Gasteiger charge is 2.21. The van der Waals surface area contributed by atoms with E-state index in [2.05, 4.69) is 20.3 Å². The van der Waals surface area contributed by atoms with E-state index in [0.717, 1.165) is 44.3 Å². The van der Waals surface area contributed by atoms with Crippen molar-refractivity contribution in [3.63, 3.8) is 0 Å². The Balaban J connectivity index is 0.00000420. The number of sulfonamides is 1. The molecule has 4 N–H and O–H groups in total. The van der Waals surface area contributed by atoms with Crippen molar-refractivity contribution in [2.45, 2.75) is 25.4 Å². The molecular weight excluding hydrogens is 544 g/mol. The van der Waals surface area contributed by atoms with E-state index in [1.54, 1.807) is 36.4 Å². The van der Waals surface area contributed by atoms with Gasteiger partial charge in [0.1, 0.15) is 11.5 Å². The maximum Gasteiger partial charge on any atom is 0.335 e. The van der Waals surface area contributed by atoms with Gasteiger partial charge in [0.05, 0.1) is 11.8 Å². The first kappa shape index (κ1) is 29.8. The number of halogens is 1. The first-order valence-corrected chi connectivity index (χ1v) is 14.0. The zero-order valence-electron chi connectivity index (χ0n) is 21.3. The number of anilines is 2. The molecule has 4 rings (SSSR count). The fourth-order valence-electron chi connectivity index (χ4n) is 4.18. The number of piperidine rings is 1. The maximum absolute atomic E-state index is 12.3. The lowest BCUT2D eigenvalue weighted by Crippen LogP contribution is -2.45. The second-order valence-electron chi connectivity index (χ2n) is 9.18. The first-order chi connectivity index (χ1) is 18.1. The van der Waals surface area contributed by atoms with Crippen LogP contribution in [0.4, 0.5) is 16.2 Å². The normalized spacial score (nSPS) is 14.1. The van der Waals surface area contributed by atoms with Gasteiger partial charge in [0.2, 0.25) is 10.0 Å². The number of urea groups is 1. The van der Waals surface area contributed by atoms with Crippen LogP contribution >= 0.6 is 12.4 Å². The van der Waals surface area contributed by atoms with E-state index in [1.165, 1.54) is 12.1 Å². The largest absolute Gasteiger partial charge is 0.478 e. The number of hydrogen-bond donors (Lipinski definition) is 4. The van der Waals surface area contributed by atoms with Gasteiger partial charge >= 0.3 is 12.0 Å². The van der Waals surface area contributed by atoms with Crippen LogP contribution in [-0.2, 0) is 16.6 Å². The Bertz CT molecular complexity index is 1380. The van der Waals surface area contributed by atoms with Crippen molar-refractivity contribution < 1.29 is 27.9 Å². The molecule has 1 heterocycles. The number of carbonyl (C=O) groups is 2. The van der Waals surface area contributed by atoms with Gasteiger partial charge < -0.3 is 20.5 Å². The first-order valence-electron chi connectivity index (χ1n) is 12.1. The summed E-state index contributed by atoms with van der Waals surface area (Å²) in [4.78, 5) is 25.8. The summed E-state index contributed by atoms with van der Waals surface area (Å²) in [6.07, 6.45) is 2.73. The van der Waals surface area contributed by atoms with E-state index >= 15 is 0 Å². The zero-order valence-corrected chi connectivity index (χ0v) is 22.9. The van der Waals surface area contributed by atoms with Gasteiger partial charge in [0.15, 0.2) is 0 Å². The van der Waals surface area contributed by atoms with Crippen molar-refractivity contribution in [2.24, 2.45) is 0 Å². The van der Waals surface area contributed by atoms with Crippen molar-refractivity contribution in [1.82, 2.24) is 10.2 Å². The van der Waals surface area contributed by atoms with Crippen molar-refractivity contribution in [3.8, 4) is 11.5 Å². The number of amides is 2. The van der Waals surface area contributed by atoms with Crippen molar-refractivity contribution in [1.29, 1.82) is 0 Å². The summed E-state index contributed by atoms with van der Waals surface area (Å²) in [6.45, 7) is 2.46. The Kier molecular flexibility index (Phi) is 10.2. The summed E-state index contributed by atoms with van der Waals surface area (Å²) >= 11 is 0. The monoisotopic (exact) mass is 574 g/mol. The summed E-state index contributed by atoms with van der Waals surface area (Å²) in [7, 11) is -3.32. The number of carbonyl (C=O) groups excluding carboxylic acids is 1. The molecule has 0 atom stereocenters. The Morgan fingerprint density at radius 1 is 0.949 bits per heavy atom. The van der Waals surface area contributed by atoms with Gasteiger partial charge in [0.25, 0.3) is 0 Å². The third-order valence-corrected chi connectivity index (χ3v) is 6.62. The number of ether oxygens (including phenoxy) is 1. The fraction of sp³-hybridized carbons (Fsp3) is 0.259. The number of hydrogen-bond acceptors (Lipinski definition) is 6. The quantitative estimate of drug-likeness (QED) is 0.289. The molecule has 0 unspecified atom stereocenters. The lowest BCUT2D eigenvalue weighted by atomic mass is 10.0. The number of likely N-dealkylation sites (tertiary alicyclic amines) is 1. The predicted octanol–water partition coefficient (Wildman–Crippen LogP) is 4.76. The Morgan fingerprint density at radius 2 is 1.56 bits per heavy atom. The Hall–Kier alpha value is -3.80. The molecule has 3 aromatic carbocycles. The number of nitrogens with one attached hydrogen (secondary N) is 3. The molecule has 3 aromatic rings. The molecule has 0 radical (unpaired) electrons. The molecule has 0 saturated carbocycles. The number of carboxylic acid groups (broad SMARTS) is 1. The van der Waals surface area contributed by atoms with Crippen molar-refractivity contribution >= 4 is 45.8 Å². The Morgan fingerprint density at radius 3 is 2.15 bits per heavy atom. The Labute approximate surface area is 233 Å². The molecule has 1 saturated heterocycles. The van der Waals surface area contributed by atoms with Crippen LogP contribution in [0.1, 0.15) is 28.8 Å². The third kappa shape index (κ3) is 9.47. The molecule has 10 nitrogen and oxygen atoms in total. The molecular formula is C27H31ClN4O6S. The van der Waals surface area contributed by atoms with Gasteiger partial charge in [-0.2, -0.15) is 0 Å². The minimum absolute atomic E-state index is 0. The SMILES string of the molecule is CS(=O)(=O)Nc1ccc(Oc2ccc(CN3CCC(NC(=O)Nc4cccc(C(=O)O)c4)CC3)cc2)cc1.Cl. The van der Waals surface area contributed by atoms with Crippen LogP contribution in [-0.4, -0.2) is 55.8 Å². The van der Waals surface area contributed by atoms with E-state index in [0.29, 0.717) is 22.9 Å². The van der Waals surface area contributed by atoms with Gasteiger partial charge in [-0.3, -0.25) is 9.62 Å². The van der Waals surface area contributed by atoms with Gasteiger partial charge in [-0.1, -0.05) is 18.2 Å². The molecule has 1 aliphatic heterocycles. The lowest BCUT2D eigenvalue weighted by Gasteiger charge is -2.32. The molecule has 208 valence electrons. The highest BCUT2D eigenvalue weighted by Crippen LogP contribution is 2.24. The molecule has 1 aliphatic rings. The molecule has 12 heteroatoms. The second kappa shape index (κ2) is 13.3. The minimum Gasteiger partial charge on any atom is -0.478 e.